The second-order valence-electron chi connectivity index (χ2n) is 5.40. The first kappa shape index (κ1) is 15.4. The van der Waals surface area contributed by atoms with Gasteiger partial charge in [-0.3, -0.25) is 4.79 Å². The van der Waals surface area contributed by atoms with E-state index in [1.54, 1.807) is 0 Å². The summed E-state index contributed by atoms with van der Waals surface area (Å²) in [6.07, 6.45) is 0.549. The fraction of sp³-hybridized carbons (Fsp3) is 0.917. The summed E-state index contributed by atoms with van der Waals surface area (Å²) in [5, 5.41) is 9.48. The van der Waals surface area contributed by atoms with Crippen LogP contribution in [-0.2, 0) is 4.79 Å². The van der Waals surface area contributed by atoms with E-state index in [0.717, 1.165) is 19.6 Å². The van der Waals surface area contributed by atoms with Gasteiger partial charge in [0.25, 0.3) is 0 Å². The minimum atomic E-state index is 0.117. The van der Waals surface area contributed by atoms with Crippen LogP contribution in [0.4, 0.5) is 0 Å². The Bertz CT molecular complexity index is 197. The summed E-state index contributed by atoms with van der Waals surface area (Å²) in [7, 11) is 0. The van der Waals surface area contributed by atoms with E-state index in [1.807, 2.05) is 13.8 Å². The topological polar surface area (TPSA) is 53.2 Å². The van der Waals surface area contributed by atoms with Gasteiger partial charge in [-0.1, -0.05) is 0 Å². The van der Waals surface area contributed by atoms with E-state index in [4.69, 9.17) is 0 Å². The molecular weight excluding hydrogens is 202 g/mol. The second kappa shape index (κ2) is 7.63. The third-order valence-corrected chi connectivity index (χ3v) is 1.94. The fourth-order valence-corrected chi connectivity index (χ4v) is 1.25. The van der Waals surface area contributed by atoms with Gasteiger partial charge in [-0.05, 0) is 34.6 Å². The van der Waals surface area contributed by atoms with Crippen LogP contribution in [0.15, 0.2) is 0 Å². The van der Waals surface area contributed by atoms with Crippen molar-refractivity contribution in [1.82, 2.24) is 16.0 Å². The van der Waals surface area contributed by atoms with Crippen molar-refractivity contribution >= 4 is 5.91 Å². The molecular formula is C12H27N3O. The minimum Gasteiger partial charge on any atom is -0.354 e. The van der Waals surface area contributed by atoms with Crippen LogP contribution in [0.1, 0.15) is 41.0 Å². The highest BCUT2D eigenvalue weighted by Gasteiger charge is 2.07. The van der Waals surface area contributed by atoms with E-state index in [1.165, 1.54) is 0 Å². The number of amides is 1. The van der Waals surface area contributed by atoms with Crippen molar-refractivity contribution < 1.29 is 4.79 Å². The Labute approximate surface area is 99.6 Å². The molecule has 0 atom stereocenters. The molecule has 4 heteroatoms. The summed E-state index contributed by atoms with van der Waals surface area (Å²) < 4.78 is 0. The number of carbonyl (C=O) groups is 1. The maximum absolute atomic E-state index is 11.3. The third kappa shape index (κ3) is 11.5. The highest BCUT2D eigenvalue weighted by molar-refractivity contribution is 5.76. The van der Waals surface area contributed by atoms with Crippen molar-refractivity contribution in [3.05, 3.63) is 0 Å². The van der Waals surface area contributed by atoms with Crippen LogP contribution in [0, 0.1) is 0 Å². The Hall–Kier alpha value is -0.610. The van der Waals surface area contributed by atoms with Crippen molar-refractivity contribution in [3.63, 3.8) is 0 Å². The average molecular weight is 229 g/mol. The molecule has 1 amide bonds. The van der Waals surface area contributed by atoms with Gasteiger partial charge in [-0.15, -0.1) is 0 Å². The third-order valence-electron chi connectivity index (χ3n) is 1.94. The molecule has 0 aromatic heterocycles. The summed E-state index contributed by atoms with van der Waals surface area (Å²) >= 11 is 0. The lowest BCUT2D eigenvalue weighted by molar-refractivity contribution is -0.121. The van der Waals surface area contributed by atoms with Gasteiger partial charge in [0.1, 0.15) is 0 Å². The Morgan fingerprint density at radius 3 is 2.25 bits per heavy atom. The Kier molecular flexibility index (Phi) is 7.34. The SMILES string of the molecule is CC(C)NC(=O)CCNCCNC(C)(C)C. The minimum absolute atomic E-state index is 0.117. The molecule has 0 unspecified atom stereocenters. The molecule has 96 valence electrons. The molecule has 0 bridgehead atoms. The number of hydrogen-bond donors (Lipinski definition) is 3. The molecule has 0 aromatic rings. The number of hydrogen-bond acceptors (Lipinski definition) is 3. The first-order chi connectivity index (χ1) is 7.31. The van der Waals surface area contributed by atoms with Crippen LogP contribution in [0.3, 0.4) is 0 Å². The van der Waals surface area contributed by atoms with Crippen molar-refractivity contribution in [2.45, 2.75) is 52.6 Å². The van der Waals surface area contributed by atoms with Crippen LogP contribution in [0.2, 0.25) is 0 Å². The second-order valence-corrected chi connectivity index (χ2v) is 5.40. The van der Waals surface area contributed by atoms with Gasteiger partial charge in [-0.2, -0.15) is 0 Å². The zero-order chi connectivity index (χ0) is 12.6. The van der Waals surface area contributed by atoms with E-state index >= 15 is 0 Å². The molecule has 16 heavy (non-hydrogen) atoms. The molecule has 0 rings (SSSR count). The maximum atomic E-state index is 11.3. The van der Waals surface area contributed by atoms with E-state index < -0.39 is 0 Å². The lowest BCUT2D eigenvalue weighted by Crippen LogP contribution is -2.40. The van der Waals surface area contributed by atoms with Crippen LogP contribution in [0.25, 0.3) is 0 Å². The summed E-state index contributed by atoms with van der Waals surface area (Å²) in [6.45, 7) is 12.9. The van der Waals surface area contributed by atoms with Crippen LogP contribution < -0.4 is 16.0 Å². The van der Waals surface area contributed by atoms with Gasteiger partial charge in [0.2, 0.25) is 5.91 Å². The molecule has 0 spiro atoms. The van der Waals surface area contributed by atoms with Crippen molar-refractivity contribution in [1.29, 1.82) is 0 Å². The van der Waals surface area contributed by atoms with Crippen molar-refractivity contribution in [3.8, 4) is 0 Å². The molecule has 0 radical (unpaired) electrons. The molecule has 4 nitrogen and oxygen atoms in total. The normalized spacial score (nSPS) is 11.9. The molecule has 0 aromatic carbocycles. The molecule has 0 fully saturated rings. The summed E-state index contributed by atoms with van der Waals surface area (Å²) in [5.74, 6) is 0.117. The van der Waals surface area contributed by atoms with E-state index in [-0.39, 0.29) is 17.5 Å². The lowest BCUT2D eigenvalue weighted by atomic mass is 10.1. The predicted octanol–water partition coefficient (Wildman–Crippen LogP) is 0.879. The van der Waals surface area contributed by atoms with Gasteiger partial charge in [0.05, 0.1) is 0 Å². The van der Waals surface area contributed by atoms with E-state index in [9.17, 15) is 4.79 Å². The van der Waals surface area contributed by atoms with Crippen LogP contribution in [-0.4, -0.2) is 37.1 Å². The van der Waals surface area contributed by atoms with E-state index in [2.05, 4.69) is 36.7 Å². The van der Waals surface area contributed by atoms with Gasteiger partial charge >= 0.3 is 0 Å². The Balaban J connectivity index is 3.31. The van der Waals surface area contributed by atoms with Gasteiger partial charge in [0, 0.05) is 37.6 Å². The zero-order valence-electron chi connectivity index (χ0n) is 11.3. The summed E-state index contributed by atoms with van der Waals surface area (Å²) in [6, 6.07) is 0.232. The maximum Gasteiger partial charge on any atom is 0.221 e. The number of rotatable bonds is 7. The number of carbonyl (C=O) groups excluding carboxylic acids is 1. The molecule has 0 saturated heterocycles. The van der Waals surface area contributed by atoms with E-state index in [0.29, 0.717) is 6.42 Å². The Morgan fingerprint density at radius 1 is 1.12 bits per heavy atom. The predicted molar refractivity (Wildman–Crippen MR) is 68.5 cm³/mol. The zero-order valence-corrected chi connectivity index (χ0v) is 11.3. The van der Waals surface area contributed by atoms with Gasteiger partial charge in [0.15, 0.2) is 0 Å². The van der Waals surface area contributed by atoms with Crippen LogP contribution >= 0.6 is 0 Å². The lowest BCUT2D eigenvalue weighted by Gasteiger charge is -2.20. The highest BCUT2D eigenvalue weighted by atomic mass is 16.1. The quantitative estimate of drug-likeness (QED) is 0.568. The Morgan fingerprint density at radius 2 is 1.75 bits per heavy atom. The number of nitrogens with one attached hydrogen (secondary N) is 3. The largest absolute Gasteiger partial charge is 0.354 e. The highest BCUT2D eigenvalue weighted by Crippen LogP contribution is 1.96. The average Bonchev–Trinajstić information content (AvgIpc) is 2.07. The molecule has 0 saturated carbocycles. The first-order valence-electron chi connectivity index (χ1n) is 6.06. The van der Waals surface area contributed by atoms with Crippen molar-refractivity contribution in [2.75, 3.05) is 19.6 Å². The molecule has 0 heterocycles. The smallest absolute Gasteiger partial charge is 0.221 e. The fourth-order valence-electron chi connectivity index (χ4n) is 1.25. The summed E-state index contributed by atoms with van der Waals surface area (Å²) in [5.41, 5.74) is 0.163. The summed E-state index contributed by atoms with van der Waals surface area (Å²) in [4.78, 5) is 11.3. The molecule has 0 aliphatic rings. The standard InChI is InChI=1S/C12H27N3O/c1-10(2)15-11(16)6-7-13-8-9-14-12(3,4)5/h10,13-14H,6-9H2,1-5H3,(H,15,16). The van der Waals surface area contributed by atoms with Gasteiger partial charge < -0.3 is 16.0 Å². The van der Waals surface area contributed by atoms with Gasteiger partial charge in [-0.25, -0.2) is 0 Å². The first-order valence-corrected chi connectivity index (χ1v) is 6.06. The monoisotopic (exact) mass is 229 g/mol. The molecule has 3 N–H and O–H groups in total. The molecule has 0 aliphatic carbocycles. The van der Waals surface area contributed by atoms with Crippen LogP contribution in [0.5, 0.6) is 0 Å². The van der Waals surface area contributed by atoms with Crippen molar-refractivity contribution in [2.24, 2.45) is 0 Å². The molecule has 0 aliphatic heterocycles.